The molecule has 8 heteroatoms. The number of hydrogen-bond donors (Lipinski definition) is 0. The molecule has 0 unspecified atom stereocenters. The van der Waals surface area contributed by atoms with Gasteiger partial charge in [-0.25, -0.2) is 13.4 Å². The van der Waals surface area contributed by atoms with Crippen molar-refractivity contribution >= 4 is 31.8 Å². The van der Waals surface area contributed by atoms with Crippen LogP contribution in [-0.4, -0.2) is 30.2 Å². The quantitative estimate of drug-likeness (QED) is 0.849. The summed E-state index contributed by atoms with van der Waals surface area (Å²) in [5.41, 5.74) is 0.585. The molecule has 0 atom stereocenters. The van der Waals surface area contributed by atoms with Gasteiger partial charge in [-0.05, 0) is 19.1 Å². The molecule has 2 aromatic rings. The minimum atomic E-state index is -3.65. The standard InChI is InChI=1S/C11H13BrN4O2S/c1-8-10(7-14-15(8)2)19(17,18)16(3)11-6-9(12)4-5-13-11/h4-7H,1-3H3. The molecule has 0 N–H and O–H groups in total. The summed E-state index contributed by atoms with van der Waals surface area (Å²) in [5.74, 6) is 0.345. The van der Waals surface area contributed by atoms with Gasteiger partial charge in [0.2, 0.25) is 0 Å². The summed E-state index contributed by atoms with van der Waals surface area (Å²) in [5, 5.41) is 3.96. The lowest BCUT2D eigenvalue weighted by Crippen LogP contribution is -2.27. The monoisotopic (exact) mass is 344 g/mol. The van der Waals surface area contributed by atoms with E-state index in [9.17, 15) is 8.42 Å². The van der Waals surface area contributed by atoms with Crippen LogP contribution in [0.5, 0.6) is 0 Å². The second-order valence-corrected chi connectivity index (χ2v) is 6.88. The smallest absolute Gasteiger partial charge is 0.268 e. The normalized spacial score (nSPS) is 11.6. The van der Waals surface area contributed by atoms with Gasteiger partial charge in [0.25, 0.3) is 10.0 Å². The number of hydrogen-bond acceptors (Lipinski definition) is 4. The molecule has 0 aliphatic carbocycles. The zero-order chi connectivity index (χ0) is 14.2. The third kappa shape index (κ3) is 2.50. The first-order valence-electron chi connectivity index (χ1n) is 5.43. The number of pyridine rings is 1. The Morgan fingerprint density at radius 2 is 2.11 bits per heavy atom. The summed E-state index contributed by atoms with van der Waals surface area (Å²) < 4.78 is 28.4. The van der Waals surface area contributed by atoms with E-state index in [1.54, 1.807) is 32.3 Å². The molecular formula is C11H13BrN4O2S. The second kappa shape index (κ2) is 4.93. The highest BCUT2D eigenvalue weighted by molar-refractivity contribution is 9.10. The Morgan fingerprint density at radius 3 is 2.63 bits per heavy atom. The van der Waals surface area contributed by atoms with Crippen LogP contribution in [0.1, 0.15) is 5.69 Å². The van der Waals surface area contributed by atoms with Gasteiger partial charge in [-0.1, -0.05) is 15.9 Å². The topological polar surface area (TPSA) is 68.1 Å². The summed E-state index contributed by atoms with van der Waals surface area (Å²) in [7, 11) is -0.483. The van der Waals surface area contributed by atoms with Gasteiger partial charge in [-0.2, -0.15) is 5.10 Å². The van der Waals surface area contributed by atoms with Crippen molar-refractivity contribution in [2.24, 2.45) is 7.05 Å². The summed E-state index contributed by atoms with van der Waals surface area (Å²) in [6, 6.07) is 3.38. The van der Waals surface area contributed by atoms with Crippen molar-refractivity contribution in [2.45, 2.75) is 11.8 Å². The highest BCUT2D eigenvalue weighted by Crippen LogP contribution is 2.24. The SMILES string of the molecule is Cc1c(S(=O)(=O)N(C)c2cc(Br)ccn2)cnn1C. The average molecular weight is 345 g/mol. The lowest BCUT2D eigenvalue weighted by molar-refractivity contribution is 0.593. The Bertz CT molecular complexity index is 711. The fourth-order valence-electron chi connectivity index (χ4n) is 1.57. The summed E-state index contributed by atoms with van der Waals surface area (Å²) >= 11 is 3.29. The number of sulfonamides is 1. The van der Waals surface area contributed by atoms with Crippen molar-refractivity contribution in [3.8, 4) is 0 Å². The second-order valence-electron chi connectivity index (χ2n) is 4.02. The molecule has 0 saturated heterocycles. The molecule has 2 heterocycles. The largest absolute Gasteiger partial charge is 0.272 e. The Labute approximate surface area is 120 Å². The predicted molar refractivity (Wildman–Crippen MR) is 75.5 cm³/mol. The Balaban J connectivity index is 2.48. The number of anilines is 1. The number of halogens is 1. The minimum absolute atomic E-state index is 0.180. The van der Waals surface area contributed by atoms with E-state index >= 15 is 0 Å². The molecular weight excluding hydrogens is 332 g/mol. The van der Waals surface area contributed by atoms with Gasteiger partial charge >= 0.3 is 0 Å². The maximum absolute atomic E-state index is 12.5. The number of aromatic nitrogens is 3. The van der Waals surface area contributed by atoms with Crippen molar-refractivity contribution in [1.29, 1.82) is 0 Å². The van der Waals surface area contributed by atoms with Gasteiger partial charge in [-0.3, -0.25) is 8.99 Å². The van der Waals surface area contributed by atoms with Gasteiger partial charge < -0.3 is 0 Å². The fraction of sp³-hybridized carbons (Fsp3) is 0.273. The first-order valence-corrected chi connectivity index (χ1v) is 7.66. The lowest BCUT2D eigenvalue weighted by Gasteiger charge is -2.18. The zero-order valence-electron chi connectivity index (χ0n) is 10.7. The summed E-state index contributed by atoms with van der Waals surface area (Å²) in [6.45, 7) is 1.71. The molecule has 0 spiro atoms. The van der Waals surface area contributed by atoms with E-state index in [0.29, 0.717) is 11.5 Å². The molecule has 0 aliphatic heterocycles. The molecule has 0 amide bonds. The predicted octanol–water partition coefficient (Wildman–Crippen LogP) is 1.71. The third-order valence-electron chi connectivity index (χ3n) is 2.86. The summed E-state index contributed by atoms with van der Waals surface area (Å²) in [6.07, 6.45) is 2.89. The first-order chi connectivity index (χ1) is 8.84. The number of nitrogens with zero attached hydrogens (tertiary/aromatic N) is 4. The molecule has 0 radical (unpaired) electrons. The van der Waals surface area contributed by atoms with Crippen LogP contribution in [0, 0.1) is 6.92 Å². The first kappa shape index (κ1) is 14.0. The molecule has 0 saturated carbocycles. The molecule has 0 fully saturated rings. The molecule has 2 rings (SSSR count). The van der Waals surface area contributed by atoms with Crippen molar-refractivity contribution < 1.29 is 8.42 Å². The third-order valence-corrected chi connectivity index (χ3v) is 5.22. The van der Waals surface area contributed by atoms with Crippen molar-refractivity contribution in [3.63, 3.8) is 0 Å². The van der Waals surface area contributed by atoms with Gasteiger partial charge in [0, 0.05) is 24.8 Å². The van der Waals surface area contributed by atoms with E-state index in [1.807, 2.05) is 0 Å². The number of aryl methyl sites for hydroxylation is 1. The Hall–Kier alpha value is -1.41. The molecule has 0 aliphatic rings. The Morgan fingerprint density at radius 1 is 1.42 bits per heavy atom. The molecule has 0 bridgehead atoms. The molecule has 6 nitrogen and oxygen atoms in total. The minimum Gasteiger partial charge on any atom is -0.272 e. The Kier molecular flexibility index (Phi) is 3.64. The van der Waals surface area contributed by atoms with Gasteiger partial charge in [-0.15, -0.1) is 0 Å². The van der Waals surface area contributed by atoms with Crippen LogP contribution in [0.4, 0.5) is 5.82 Å². The van der Waals surface area contributed by atoms with Crippen molar-refractivity contribution in [1.82, 2.24) is 14.8 Å². The van der Waals surface area contributed by atoms with E-state index in [1.165, 1.54) is 17.9 Å². The fourth-order valence-corrected chi connectivity index (χ4v) is 3.22. The van der Waals surface area contributed by atoms with E-state index in [0.717, 1.165) is 8.78 Å². The highest BCUT2D eigenvalue weighted by Gasteiger charge is 2.26. The van der Waals surface area contributed by atoms with Crippen LogP contribution in [0.25, 0.3) is 0 Å². The molecule has 19 heavy (non-hydrogen) atoms. The van der Waals surface area contributed by atoms with Crippen molar-refractivity contribution in [2.75, 3.05) is 11.4 Å². The van der Waals surface area contributed by atoms with Gasteiger partial charge in [0.15, 0.2) is 0 Å². The van der Waals surface area contributed by atoms with Crippen molar-refractivity contribution in [3.05, 3.63) is 34.7 Å². The molecule has 2 aromatic heterocycles. The van der Waals surface area contributed by atoms with Crippen LogP contribution in [0.2, 0.25) is 0 Å². The highest BCUT2D eigenvalue weighted by atomic mass is 79.9. The maximum atomic E-state index is 12.5. The van der Waals surface area contributed by atoms with Crippen LogP contribution < -0.4 is 4.31 Å². The van der Waals surface area contributed by atoms with Crippen LogP contribution in [-0.2, 0) is 17.1 Å². The maximum Gasteiger partial charge on any atom is 0.268 e. The van der Waals surface area contributed by atoms with Crippen LogP contribution >= 0.6 is 15.9 Å². The van der Waals surface area contributed by atoms with Gasteiger partial charge in [0.05, 0.1) is 11.9 Å². The van der Waals surface area contributed by atoms with Crippen LogP contribution in [0.3, 0.4) is 0 Å². The number of rotatable bonds is 3. The van der Waals surface area contributed by atoms with E-state index in [2.05, 4.69) is 26.0 Å². The average Bonchev–Trinajstić information content (AvgIpc) is 2.69. The van der Waals surface area contributed by atoms with E-state index in [-0.39, 0.29) is 4.90 Å². The van der Waals surface area contributed by atoms with Gasteiger partial charge in [0.1, 0.15) is 10.7 Å². The van der Waals surface area contributed by atoms with Crippen LogP contribution in [0.15, 0.2) is 33.9 Å². The summed E-state index contributed by atoms with van der Waals surface area (Å²) in [4.78, 5) is 4.24. The van der Waals surface area contributed by atoms with E-state index < -0.39 is 10.0 Å². The lowest BCUT2D eigenvalue weighted by atomic mass is 10.5. The molecule has 102 valence electrons. The zero-order valence-corrected chi connectivity index (χ0v) is 13.1. The van der Waals surface area contributed by atoms with E-state index in [4.69, 9.17) is 0 Å². The molecule has 0 aromatic carbocycles.